The number of para-hydroxylation sites is 1. The standard InChI is InChI=1S/C19H24ClN3O/c1-14-16(19(20)23(21-14)15-7-3-2-4-8-15)13-22-11-12-24-18-10-6-5-9-17(18)22/h2-4,7-8,17-18H,5-6,9-13H2,1H3/t17-,18+/m1/s1. The molecule has 1 saturated carbocycles. The molecule has 1 aromatic heterocycles. The molecule has 5 heteroatoms. The summed E-state index contributed by atoms with van der Waals surface area (Å²) in [6.07, 6.45) is 5.42. The molecule has 1 saturated heterocycles. The fourth-order valence-corrected chi connectivity index (χ4v) is 4.36. The minimum Gasteiger partial charge on any atom is -0.375 e. The van der Waals surface area contributed by atoms with Crippen LogP contribution in [-0.4, -0.2) is 40.0 Å². The molecule has 4 rings (SSSR count). The number of hydrogen-bond acceptors (Lipinski definition) is 3. The maximum atomic E-state index is 6.70. The monoisotopic (exact) mass is 345 g/mol. The van der Waals surface area contributed by atoms with Crippen molar-refractivity contribution in [3.8, 4) is 5.69 Å². The van der Waals surface area contributed by atoms with E-state index in [1.807, 2.05) is 35.0 Å². The summed E-state index contributed by atoms with van der Waals surface area (Å²) in [5.41, 5.74) is 3.17. The van der Waals surface area contributed by atoms with E-state index in [4.69, 9.17) is 16.3 Å². The van der Waals surface area contributed by atoms with E-state index in [0.717, 1.165) is 41.8 Å². The SMILES string of the molecule is Cc1nn(-c2ccccc2)c(Cl)c1CN1CCO[C@H]2CCCC[C@H]21. The van der Waals surface area contributed by atoms with Gasteiger partial charge in [0.2, 0.25) is 0 Å². The van der Waals surface area contributed by atoms with E-state index in [1.54, 1.807) is 0 Å². The Morgan fingerprint density at radius 2 is 2.00 bits per heavy atom. The second-order valence-electron chi connectivity index (χ2n) is 6.83. The Morgan fingerprint density at radius 3 is 2.83 bits per heavy atom. The molecular formula is C19H24ClN3O. The first kappa shape index (κ1) is 16.1. The average molecular weight is 346 g/mol. The molecule has 24 heavy (non-hydrogen) atoms. The predicted octanol–water partition coefficient (Wildman–Crippen LogP) is 3.98. The van der Waals surface area contributed by atoms with Gasteiger partial charge < -0.3 is 4.74 Å². The molecule has 4 nitrogen and oxygen atoms in total. The van der Waals surface area contributed by atoms with Crippen LogP contribution in [0, 0.1) is 6.92 Å². The predicted molar refractivity (Wildman–Crippen MR) is 95.7 cm³/mol. The van der Waals surface area contributed by atoms with Gasteiger partial charge in [-0.3, -0.25) is 4.90 Å². The van der Waals surface area contributed by atoms with Crippen LogP contribution in [0.3, 0.4) is 0 Å². The summed E-state index contributed by atoms with van der Waals surface area (Å²) in [4.78, 5) is 2.55. The van der Waals surface area contributed by atoms with E-state index in [-0.39, 0.29) is 0 Å². The van der Waals surface area contributed by atoms with E-state index < -0.39 is 0 Å². The fourth-order valence-electron chi connectivity index (χ4n) is 4.03. The lowest BCUT2D eigenvalue weighted by molar-refractivity contribution is -0.0911. The van der Waals surface area contributed by atoms with Gasteiger partial charge in [0.05, 0.1) is 24.1 Å². The Labute approximate surface area is 148 Å². The molecule has 0 bridgehead atoms. The summed E-state index contributed by atoms with van der Waals surface area (Å²) in [6, 6.07) is 10.6. The van der Waals surface area contributed by atoms with Gasteiger partial charge in [-0.05, 0) is 31.9 Å². The van der Waals surface area contributed by atoms with Crippen molar-refractivity contribution < 1.29 is 4.74 Å². The second-order valence-corrected chi connectivity index (χ2v) is 7.19. The molecule has 1 aliphatic heterocycles. The average Bonchev–Trinajstić information content (AvgIpc) is 2.91. The zero-order valence-electron chi connectivity index (χ0n) is 14.1. The normalized spacial score (nSPS) is 24.8. The second kappa shape index (κ2) is 6.87. The first-order valence-electron chi connectivity index (χ1n) is 8.89. The molecule has 2 aromatic rings. The van der Waals surface area contributed by atoms with Gasteiger partial charge in [0.1, 0.15) is 5.15 Å². The number of halogens is 1. The van der Waals surface area contributed by atoms with E-state index >= 15 is 0 Å². The van der Waals surface area contributed by atoms with Gasteiger partial charge in [-0.25, -0.2) is 4.68 Å². The molecule has 0 spiro atoms. The third-order valence-corrected chi connectivity index (χ3v) is 5.72. The lowest BCUT2D eigenvalue weighted by atomic mass is 9.90. The maximum absolute atomic E-state index is 6.70. The van der Waals surface area contributed by atoms with Crippen molar-refractivity contribution >= 4 is 11.6 Å². The van der Waals surface area contributed by atoms with Gasteiger partial charge in [0.15, 0.2) is 0 Å². The number of benzene rings is 1. The van der Waals surface area contributed by atoms with Crippen molar-refractivity contribution in [1.29, 1.82) is 0 Å². The highest BCUT2D eigenvalue weighted by Gasteiger charge is 2.34. The quantitative estimate of drug-likeness (QED) is 0.843. The number of ether oxygens (including phenoxy) is 1. The molecule has 2 atom stereocenters. The molecule has 0 unspecified atom stereocenters. The molecule has 2 aliphatic rings. The first-order chi connectivity index (χ1) is 11.7. The number of rotatable bonds is 3. The Morgan fingerprint density at radius 1 is 1.21 bits per heavy atom. The van der Waals surface area contributed by atoms with E-state index in [1.165, 1.54) is 25.7 Å². The molecular weight excluding hydrogens is 322 g/mol. The zero-order valence-corrected chi connectivity index (χ0v) is 14.9. The van der Waals surface area contributed by atoms with Crippen molar-refractivity contribution in [3.63, 3.8) is 0 Å². The van der Waals surface area contributed by atoms with Gasteiger partial charge in [-0.1, -0.05) is 42.6 Å². The molecule has 0 amide bonds. The van der Waals surface area contributed by atoms with Gasteiger partial charge in [-0.15, -0.1) is 0 Å². The van der Waals surface area contributed by atoms with Crippen molar-refractivity contribution in [2.24, 2.45) is 0 Å². The summed E-state index contributed by atoms with van der Waals surface area (Å²) < 4.78 is 7.84. The Balaban J connectivity index is 1.59. The Kier molecular flexibility index (Phi) is 4.61. The van der Waals surface area contributed by atoms with Gasteiger partial charge >= 0.3 is 0 Å². The molecule has 2 fully saturated rings. The lowest BCUT2D eigenvalue weighted by Gasteiger charge is -2.43. The van der Waals surface area contributed by atoms with Crippen molar-refractivity contribution in [2.75, 3.05) is 13.2 Å². The molecule has 0 radical (unpaired) electrons. The van der Waals surface area contributed by atoms with Crippen molar-refractivity contribution in [1.82, 2.24) is 14.7 Å². The summed E-state index contributed by atoms with van der Waals surface area (Å²) in [7, 11) is 0. The Bertz CT molecular complexity index is 698. The van der Waals surface area contributed by atoms with Crippen LogP contribution in [0.25, 0.3) is 5.69 Å². The van der Waals surface area contributed by atoms with Crippen molar-refractivity contribution in [2.45, 2.75) is 51.3 Å². The Hall–Kier alpha value is -1.36. The van der Waals surface area contributed by atoms with Crippen LogP contribution in [0.2, 0.25) is 5.15 Å². The van der Waals surface area contributed by atoms with Crippen LogP contribution in [-0.2, 0) is 11.3 Å². The number of morpholine rings is 1. The van der Waals surface area contributed by atoms with Crippen LogP contribution < -0.4 is 0 Å². The topological polar surface area (TPSA) is 30.3 Å². The minimum atomic E-state index is 0.399. The number of aromatic nitrogens is 2. The third kappa shape index (κ3) is 2.99. The molecule has 1 aromatic carbocycles. The largest absolute Gasteiger partial charge is 0.375 e. The van der Waals surface area contributed by atoms with Crippen LogP contribution in [0.5, 0.6) is 0 Å². The minimum absolute atomic E-state index is 0.399. The fraction of sp³-hybridized carbons (Fsp3) is 0.526. The summed E-state index contributed by atoms with van der Waals surface area (Å²) in [5.74, 6) is 0. The zero-order chi connectivity index (χ0) is 16.5. The van der Waals surface area contributed by atoms with Gasteiger partial charge in [0.25, 0.3) is 0 Å². The number of aryl methyl sites for hydroxylation is 1. The highest BCUT2D eigenvalue weighted by atomic mass is 35.5. The maximum Gasteiger partial charge on any atom is 0.137 e. The highest BCUT2D eigenvalue weighted by Crippen LogP contribution is 2.32. The van der Waals surface area contributed by atoms with E-state index in [2.05, 4.69) is 16.9 Å². The van der Waals surface area contributed by atoms with Crippen LogP contribution in [0.15, 0.2) is 30.3 Å². The molecule has 1 aliphatic carbocycles. The lowest BCUT2D eigenvalue weighted by Crippen LogP contribution is -2.52. The highest BCUT2D eigenvalue weighted by molar-refractivity contribution is 6.30. The van der Waals surface area contributed by atoms with E-state index in [9.17, 15) is 0 Å². The summed E-state index contributed by atoms with van der Waals surface area (Å²) in [5, 5.41) is 5.41. The van der Waals surface area contributed by atoms with Crippen LogP contribution in [0.1, 0.15) is 36.9 Å². The van der Waals surface area contributed by atoms with Crippen molar-refractivity contribution in [3.05, 3.63) is 46.7 Å². The third-order valence-electron chi connectivity index (χ3n) is 5.33. The van der Waals surface area contributed by atoms with Crippen LogP contribution in [0.4, 0.5) is 0 Å². The smallest absolute Gasteiger partial charge is 0.137 e. The summed E-state index contributed by atoms with van der Waals surface area (Å²) >= 11 is 6.70. The number of nitrogens with zero attached hydrogens (tertiary/aromatic N) is 3. The first-order valence-corrected chi connectivity index (χ1v) is 9.27. The van der Waals surface area contributed by atoms with E-state index in [0.29, 0.717) is 12.1 Å². The van der Waals surface area contributed by atoms with Gasteiger partial charge in [0, 0.05) is 24.7 Å². The summed E-state index contributed by atoms with van der Waals surface area (Å²) in [6.45, 7) is 4.72. The van der Waals surface area contributed by atoms with Crippen LogP contribution >= 0.6 is 11.6 Å². The van der Waals surface area contributed by atoms with Gasteiger partial charge in [-0.2, -0.15) is 5.10 Å². The molecule has 128 valence electrons. The molecule has 2 heterocycles. The number of hydrogen-bond donors (Lipinski definition) is 0. The molecule has 0 N–H and O–H groups in total. The number of fused-ring (bicyclic) bond motifs is 1.